The van der Waals surface area contributed by atoms with Crippen LogP contribution in [0.5, 0.6) is 0 Å². The zero-order valence-corrected chi connectivity index (χ0v) is 15.4. The highest BCUT2D eigenvalue weighted by Gasteiger charge is 2.20. The van der Waals surface area contributed by atoms with Gasteiger partial charge in [0.05, 0.1) is 12.1 Å². The summed E-state index contributed by atoms with van der Waals surface area (Å²) in [4.78, 5) is 18.8. The van der Waals surface area contributed by atoms with Crippen LogP contribution in [-0.4, -0.2) is 17.4 Å². The number of thiazole rings is 1. The van der Waals surface area contributed by atoms with Crippen LogP contribution in [0, 0.1) is 5.82 Å². The fraction of sp³-hybridized carbons (Fsp3) is 0.100. The van der Waals surface area contributed by atoms with E-state index in [1.165, 1.54) is 22.3 Å². The number of aromatic nitrogens is 1. The summed E-state index contributed by atoms with van der Waals surface area (Å²) in [5.74, 6) is -0.618. The zero-order valence-electron chi connectivity index (χ0n) is 13.9. The van der Waals surface area contributed by atoms with Crippen molar-refractivity contribution in [2.75, 3.05) is 11.4 Å². The van der Waals surface area contributed by atoms with Crippen LogP contribution in [0.2, 0.25) is 5.02 Å². The molecule has 3 nitrogen and oxygen atoms in total. The van der Waals surface area contributed by atoms with Gasteiger partial charge in [0.1, 0.15) is 5.82 Å². The van der Waals surface area contributed by atoms with Gasteiger partial charge in [0, 0.05) is 22.5 Å². The number of rotatable bonds is 6. The first kappa shape index (κ1) is 18.3. The third-order valence-electron chi connectivity index (χ3n) is 3.78. The lowest BCUT2D eigenvalue weighted by Crippen LogP contribution is -2.32. The first-order valence-corrected chi connectivity index (χ1v) is 9.20. The van der Waals surface area contributed by atoms with Crippen LogP contribution in [0.25, 0.3) is 11.3 Å². The van der Waals surface area contributed by atoms with Crippen molar-refractivity contribution in [3.05, 3.63) is 83.0 Å². The van der Waals surface area contributed by atoms with Crippen molar-refractivity contribution >= 4 is 34.0 Å². The number of benzene rings is 2. The van der Waals surface area contributed by atoms with Gasteiger partial charge in [0.2, 0.25) is 5.91 Å². The van der Waals surface area contributed by atoms with Crippen LogP contribution in [0.4, 0.5) is 9.52 Å². The predicted octanol–water partition coefficient (Wildman–Crippen LogP) is 5.36. The summed E-state index contributed by atoms with van der Waals surface area (Å²) in [7, 11) is 0. The van der Waals surface area contributed by atoms with E-state index < -0.39 is 0 Å². The molecule has 0 radical (unpaired) electrons. The summed E-state index contributed by atoms with van der Waals surface area (Å²) < 4.78 is 13.8. The SMILES string of the molecule is C=CCN(C(=O)Cc1ccccc1F)c1nc(-c2ccc(Cl)cc2)cs1. The maximum absolute atomic E-state index is 13.8. The molecule has 132 valence electrons. The molecule has 0 aliphatic heterocycles. The second kappa shape index (κ2) is 8.25. The van der Waals surface area contributed by atoms with Gasteiger partial charge in [-0.1, -0.05) is 48.0 Å². The number of nitrogens with zero attached hydrogens (tertiary/aromatic N) is 2. The van der Waals surface area contributed by atoms with E-state index in [0.29, 0.717) is 22.3 Å². The molecule has 1 aromatic heterocycles. The van der Waals surface area contributed by atoms with E-state index in [-0.39, 0.29) is 18.1 Å². The normalized spacial score (nSPS) is 10.5. The third kappa shape index (κ3) is 4.18. The lowest BCUT2D eigenvalue weighted by molar-refractivity contribution is -0.117. The van der Waals surface area contributed by atoms with Gasteiger partial charge in [0.25, 0.3) is 0 Å². The van der Waals surface area contributed by atoms with E-state index in [2.05, 4.69) is 11.6 Å². The fourth-order valence-corrected chi connectivity index (χ4v) is 3.44. The van der Waals surface area contributed by atoms with Crippen molar-refractivity contribution in [1.29, 1.82) is 0 Å². The first-order valence-electron chi connectivity index (χ1n) is 7.94. The predicted molar refractivity (Wildman–Crippen MR) is 105 cm³/mol. The molecule has 0 aliphatic carbocycles. The Bertz CT molecular complexity index is 924. The van der Waals surface area contributed by atoms with E-state index in [4.69, 9.17) is 11.6 Å². The highest BCUT2D eigenvalue weighted by molar-refractivity contribution is 7.14. The molecule has 0 fully saturated rings. The van der Waals surface area contributed by atoms with E-state index in [1.54, 1.807) is 36.4 Å². The topological polar surface area (TPSA) is 33.2 Å². The third-order valence-corrected chi connectivity index (χ3v) is 4.89. The summed E-state index contributed by atoms with van der Waals surface area (Å²) >= 11 is 7.27. The second-order valence-electron chi connectivity index (χ2n) is 5.58. The Morgan fingerprint density at radius 3 is 2.65 bits per heavy atom. The Kier molecular flexibility index (Phi) is 5.81. The van der Waals surface area contributed by atoms with E-state index in [0.717, 1.165) is 11.3 Å². The molecule has 26 heavy (non-hydrogen) atoms. The quantitative estimate of drug-likeness (QED) is 0.534. The smallest absolute Gasteiger partial charge is 0.233 e. The molecule has 0 spiro atoms. The van der Waals surface area contributed by atoms with E-state index in [9.17, 15) is 9.18 Å². The molecular formula is C20H16ClFN2OS. The second-order valence-corrected chi connectivity index (χ2v) is 6.86. The highest BCUT2D eigenvalue weighted by atomic mass is 35.5. The summed E-state index contributed by atoms with van der Waals surface area (Å²) in [6, 6.07) is 13.6. The average Bonchev–Trinajstić information content (AvgIpc) is 3.12. The van der Waals surface area contributed by atoms with Gasteiger partial charge < -0.3 is 0 Å². The Morgan fingerprint density at radius 1 is 1.23 bits per heavy atom. The average molecular weight is 387 g/mol. The van der Waals surface area contributed by atoms with E-state index >= 15 is 0 Å². The Morgan fingerprint density at radius 2 is 1.96 bits per heavy atom. The molecule has 0 unspecified atom stereocenters. The molecule has 0 atom stereocenters. The number of carbonyl (C=O) groups excluding carboxylic acids is 1. The Balaban J connectivity index is 1.83. The van der Waals surface area contributed by atoms with Gasteiger partial charge >= 0.3 is 0 Å². The van der Waals surface area contributed by atoms with Crippen molar-refractivity contribution in [3.8, 4) is 11.3 Å². The molecule has 0 N–H and O–H groups in total. The van der Waals surface area contributed by atoms with Gasteiger partial charge in [-0.05, 0) is 23.8 Å². The summed E-state index contributed by atoms with van der Waals surface area (Å²) in [6.45, 7) is 4.01. The van der Waals surface area contributed by atoms with Crippen LogP contribution >= 0.6 is 22.9 Å². The van der Waals surface area contributed by atoms with Gasteiger partial charge in [-0.2, -0.15) is 0 Å². The molecule has 0 bridgehead atoms. The Hall–Kier alpha value is -2.50. The molecule has 0 saturated carbocycles. The molecule has 0 saturated heterocycles. The van der Waals surface area contributed by atoms with Crippen molar-refractivity contribution < 1.29 is 9.18 Å². The number of amides is 1. The van der Waals surface area contributed by atoms with E-state index in [1.807, 2.05) is 17.5 Å². The largest absolute Gasteiger partial charge is 0.284 e. The molecular weight excluding hydrogens is 371 g/mol. The molecule has 1 amide bonds. The number of anilines is 1. The number of hydrogen-bond donors (Lipinski definition) is 0. The fourth-order valence-electron chi connectivity index (χ4n) is 2.46. The van der Waals surface area contributed by atoms with Crippen LogP contribution in [-0.2, 0) is 11.2 Å². The monoisotopic (exact) mass is 386 g/mol. The molecule has 3 aromatic rings. The van der Waals surface area contributed by atoms with Crippen molar-refractivity contribution in [2.45, 2.75) is 6.42 Å². The van der Waals surface area contributed by atoms with Crippen LogP contribution < -0.4 is 4.90 Å². The van der Waals surface area contributed by atoms with Crippen LogP contribution in [0.15, 0.2) is 66.6 Å². The molecule has 1 heterocycles. The number of hydrogen-bond acceptors (Lipinski definition) is 3. The molecule has 3 rings (SSSR count). The minimum Gasteiger partial charge on any atom is -0.284 e. The summed E-state index contributed by atoms with van der Waals surface area (Å²) in [5.41, 5.74) is 2.03. The van der Waals surface area contributed by atoms with Crippen molar-refractivity contribution in [2.24, 2.45) is 0 Å². The summed E-state index contributed by atoms with van der Waals surface area (Å²) in [5, 5.41) is 3.08. The maximum atomic E-state index is 13.8. The first-order chi connectivity index (χ1) is 12.6. The highest BCUT2D eigenvalue weighted by Crippen LogP contribution is 2.28. The lowest BCUT2D eigenvalue weighted by Gasteiger charge is -2.18. The lowest BCUT2D eigenvalue weighted by atomic mass is 10.1. The minimum atomic E-state index is -0.389. The van der Waals surface area contributed by atoms with Gasteiger partial charge in [-0.15, -0.1) is 17.9 Å². The zero-order chi connectivity index (χ0) is 18.5. The molecule has 2 aromatic carbocycles. The van der Waals surface area contributed by atoms with Gasteiger partial charge in [0.15, 0.2) is 5.13 Å². The minimum absolute atomic E-state index is 0.0314. The number of carbonyl (C=O) groups is 1. The van der Waals surface area contributed by atoms with Crippen LogP contribution in [0.3, 0.4) is 0 Å². The van der Waals surface area contributed by atoms with Crippen molar-refractivity contribution in [1.82, 2.24) is 4.98 Å². The standard InChI is InChI=1S/C20H16ClFN2OS/c1-2-11-24(19(25)12-15-5-3-4-6-17(15)22)20-23-18(13-26-20)14-7-9-16(21)10-8-14/h2-10,13H,1,11-12H2. The molecule has 6 heteroatoms. The maximum Gasteiger partial charge on any atom is 0.233 e. The van der Waals surface area contributed by atoms with Gasteiger partial charge in [-0.3, -0.25) is 9.69 Å². The van der Waals surface area contributed by atoms with Crippen LogP contribution in [0.1, 0.15) is 5.56 Å². The number of halogens is 2. The Labute approximate surface area is 160 Å². The molecule has 0 aliphatic rings. The van der Waals surface area contributed by atoms with Gasteiger partial charge in [-0.25, -0.2) is 9.37 Å². The van der Waals surface area contributed by atoms with Crippen molar-refractivity contribution in [3.63, 3.8) is 0 Å². The summed E-state index contributed by atoms with van der Waals surface area (Å²) in [6.07, 6.45) is 1.60.